The van der Waals surface area contributed by atoms with Gasteiger partial charge < -0.3 is 20.9 Å². The van der Waals surface area contributed by atoms with Crippen LogP contribution in [0.15, 0.2) is 24.3 Å². The summed E-state index contributed by atoms with van der Waals surface area (Å²) in [5.41, 5.74) is 6.97. The highest BCUT2D eigenvalue weighted by Crippen LogP contribution is 2.17. The highest BCUT2D eigenvalue weighted by atomic mass is 16.5. The Labute approximate surface area is 118 Å². The first kappa shape index (κ1) is 14.8. The van der Waals surface area contributed by atoms with E-state index in [1.165, 1.54) is 0 Å². The van der Waals surface area contributed by atoms with Crippen molar-refractivity contribution >= 4 is 17.3 Å². The Kier molecular flexibility index (Phi) is 5.34. The second kappa shape index (κ2) is 7.23. The summed E-state index contributed by atoms with van der Waals surface area (Å²) < 4.78 is 5.30. The van der Waals surface area contributed by atoms with E-state index in [9.17, 15) is 9.90 Å². The van der Waals surface area contributed by atoms with Crippen molar-refractivity contribution in [1.82, 2.24) is 4.90 Å². The molecule has 6 nitrogen and oxygen atoms in total. The SMILES string of the molecule is Nc1ccccc1NC(=O)CCN1CCOCC1CO. The molecule has 1 aromatic rings. The number of nitrogen functional groups attached to an aromatic ring is 1. The van der Waals surface area contributed by atoms with Gasteiger partial charge in [-0.05, 0) is 12.1 Å². The Bertz CT molecular complexity index is 453. The van der Waals surface area contributed by atoms with Crippen LogP contribution < -0.4 is 11.1 Å². The summed E-state index contributed by atoms with van der Waals surface area (Å²) in [5.74, 6) is -0.0777. The first-order valence-corrected chi connectivity index (χ1v) is 6.77. The Morgan fingerprint density at radius 1 is 1.50 bits per heavy atom. The highest BCUT2D eigenvalue weighted by Gasteiger charge is 2.22. The molecule has 6 heteroatoms. The highest BCUT2D eigenvalue weighted by molar-refractivity contribution is 5.93. The maximum atomic E-state index is 11.9. The molecule has 1 atom stereocenters. The molecule has 1 aromatic carbocycles. The van der Waals surface area contributed by atoms with Gasteiger partial charge in [0.15, 0.2) is 0 Å². The molecule has 1 unspecified atom stereocenters. The Morgan fingerprint density at radius 2 is 2.30 bits per heavy atom. The molecule has 2 rings (SSSR count). The minimum Gasteiger partial charge on any atom is -0.397 e. The van der Waals surface area contributed by atoms with Crippen LogP contribution in [0, 0.1) is 0 Å². The summed E-state index contributed by atoms with van der Waals surface area (Å²) in [6.07, 6.45) is 0.366. The Hall–Kier alpha value is -1.63. The summed E-state index contributed by atoms with van der Waals surface area (Å²) in [7, 11) is 0. The monoisotopic (exact) mass is 279 g/mol. The number of carbonyl (C=O) groups excluding carboxylic acids is 1. The molecule has 0 saturated carbocycles. The third-order valence-corrected chi connectivity index (χ3v) is 3.42. The zero-order valence-corrected chi connectivity index (χ0v) is 11.4. The second-order valence-corrected chi connectivity index (χ2v) is 4.83. The van der Waals surface area contributed by atoms with Crippen LogP contribution in [0.5, 0.6) is 0 Å². The van der Waals surface area contributed by atoms with Gasteiger partial charge in [0, 0.05) is 19.5 Å². The molecule has 0 spiro atoms. The molecule has 1 fully saturated rings. The predicted molar refractivity (Wildman–Crippen MR) is 77.4 cm³/mol. The van der Waals surface area contributed by atoms with Crippen LogP contribution in [-0.4, -0.2) is 54.9 Å². The van der Waals surface area contributed by atoms with Gasteiger partial charge in [-0.1, -0.05) is 12.1 Å². The lowest BCUT2D eigenvalue weighted by Gasteiger charge is -2.34. The Morgan fingerprint density at radius 3 is 3.05 bits per heavy atom. The third-order valence-electron chi connectivity index (χ3n) is 3.42. The fraction of sp³-hybridized carbons (Fsp3) is 0.500. The molecule has 4 N–H and O–H groups in total. The number of aliphatic hydroxyl groups is 1. The maximum absolute atomic E-state index is 11.9. The van der Waals surface area contributed by atoms with E-state index in [0.717, 1.165) is 6.54 Å². The van der Waals surface area contributed by atoms with E-state index in [2.05, 4.69) is 10.2 Å². The average molecular weight is 279 g/mol. The smallest absolute Gasteiger partial charge is 0.225 e. The first-order valence-electron chi connectivity index (χ1n) is 6.77. The van der Waals surface area contributed by atoms with E-state index >= 15 is 0 Å². The zero-order valence-electron chi connectivity index (χ0n) is 11.4. The third kappa shape index (κ3) is 3.93. The molecular formula is C14H21N3O3. The first-order chi connectivity index (χ1) is 9.70. The fourth-order valence-electron chi connectivity index (χ4n) is 2.22. The van der Waals surface area contributed by atoms with Crippen molar-refractivity contribution in [3.8, 4) is 0 Å². The van der Waals surface area contributed by atoms with Gasteiger partial charge in [0.2, 0.25) is 5.91 Å². The average Bonchev–Trinajstić information content (AvgIpc) is 2.48. The minimum absolute atomic E-state index is 0.0154. The van der Waals surface area contributed by atoms with Crippen molar-refractivity contribution in [2.75, 3.05) is 44.0 Å². The molecule has 1 aliphatic rings. The number of nitrogens with one attached hydrogen (secondary N) is 1. The van der Waals surface area contributed by atoms with Gasteiger partial charge in [-0.3, -0.25) is 9.69 Å². The number of amides is 1. The maximum Gasteiger partial charge on any atom is 0.225 e. The van der Waals surface area contributed by atoms with Gasteiger partial charge in [-0.25, -0.2) is 0 Å². The number of morpholine rings is 1. The molecule has 1 aliphatic heterocycles. The van der Waals surface area contributed by atoms with E-state index in [0.29, 0.717) is 37.6 Å². The molecule has 0 radical (unpaired) electrons. The lowest BCUT2D eigenvalue weighted by Crippen LogP contribution is -2.48. The van der Waals surface area contributed by atoms with Crippen molar-refractivity contribution in [2.45, 2.75) is 12.5 Å². The second-order valence-electron chi connectivity index (χ2n) is 4.83. The van der Waals surface area contributed by atoms with Crippen LogP contribution >= 0.6 is 0 Å². The van der Waals surface area contributed by atoms with E-state index in [4.69, 9.17) is 10.5 Å². The topological polar surface area (TPSA) is 87.8 Å². The van der Waals surface area contributed by atoms with Crippen molar-refractivity contribution < 1.29 is 14.6 Å². The number of para-hydroxylation sites is 2. The van der Waals surface area contributed by atoms with Gasteiger partial charge in [0.1, 0.15) is 0 Å². The number of anilines is 2. The zero-order chi connectivity index (χ0) is 14.4. The van der Waals surface area contributed by atoms with Gasteiger partial charge >= 0.3 is 0 Å². The number of benzene rings is 1. The molecule has 0 bridgehead atoms. The number of carbonyl (C=O) groups is 1. The number of nitrogens with two attached hydrogens (primary N) is 1. The number of hydrogen-bond donors (Lipinski definition) is 3. The molecule has 1 saturated heterocycles. The largest absolute Gasteiger partial charge is 0.397 e. The van der Waals surface area contributed by atoms with E-state index < -0.39 is 0 Å². The number of ether oxygens (including phenoxy) is 1. The molecule has 20 heavy (non-hydrogen) atoms. The lowest BCUT2D eigenvalue weighted by atomic mass is 10.2. The molecule has 0 aromatic heterocycles. The number of aliphatic hydroxyl groups excluding tert-OH is 1. The molecule has 1 heterocycles. The van der Waals surface area contributed by atoms with Crippen LogP contribution in [0.1, 0.15) is 6.42 Å². The van der Waals surface area contributed by atoms with Crippen molar-refractivity contribution in [1.29, 1.82) is 0 Å². The minimum atomic E-state index is -0.0777. The Balaban J connectivity index is 1.81. The number of nitrogens with zero attached hydrogens (tertiary/aromatic N) is 1. The summed E-state index contributed by atoms with van der Waals surface area (Å²) in [6.45, 7) is 2.56. The molecule has 1 amide bonds. The predicted octanol–water partition coefficient (Wildman–Crippen LogP) is 0.290. The fourth-order valence-corrected chi connectivity index (χ4v) is 2.22. The van der Waals surface area contributed by atoms with Gasteiger partial charge in [-0.2, -0.15) is 0 Å². The van der Waals surface area contributed by atoms with Crippen LogP contribution in [-0.2, 0) is 9.53 Å². The number of hydrogen-bond acceptors (Lipinski definition) is 5. The standard InChI is InChI=1S/C14H21N3O3/c15-12-3-1-2-4-13(12)16-14(19)5-6-17-7-8-20-10-11(17)9-18/h1-4,11,18H,5-10,15H2,(H,16,19). The van der Waals surface area contributed by atoms with Crippen molar-refractivity contribution in [2.24, 2.45) is 0 Å². The normalized spacial score (nSPS) is 19.8. The summed E-state index contributed by atoms with van der Waals surface area (Å²) in [5, 5.41) is 12.1. The van der Waals surface area contributed by atoms with Crippen LogP contribution in [0.4, 0.5) is 11.4 Å². The van der Waals surface area contributed by atoms with Crippen LogP contribution in [0.25, 0.3) is 0 Å². The number of rotatable bonds is 5. The van der Waals surface area contributed by atoms with E-state index in [-0.39, 0.29) is 18.6 Å². The van der Waals surface area contributed by atoms with Crippen LogP contribution in [0.3, 0.4) is 0 Å². The van der Waals surface area contributed by atoms with Crippen molar-refractivity contribution in [3.63, 3.8) is 0 Å². The van der Waals surface area contributed by atoms with Gasteiger partial charge in [0.25, 0.3) is 0 Å². The summed E-state index contributed by atoms with van der Waals surface area (Å²) in [6, 6.07) is 7.16. The van der Waals surface area contributed by atoms with E-state index in [1.807, 2.05) is 12.1 Å². The summed E-state index contributed by atoms with van der Waals surface area (Å²) >= 11 is 0. The van der Waals surface area contributed by atoms with Crippen molar-refractivity contribution in [3.05, 3.63) is 24.3 Å². The lowest BCUT2D eigenvalue weighted by molar-refractivity contribution is -0.117. The van der Waals surface area contributed by atoms with Crippen LogP contribution in [0.2, 0.25) is 0 Å². The summed E-state index contributed by atoms with van der Waals surface area (Å²) in [4.78, 5) is 14.0. The van der Waals surface area contributed by atoms with Gasteiger partial charge in [0.05, 0.1) is 37.2 Å². The van der Waals surface area contributed by atoms with Gasteiger partial charge in [-0.15, -0.1) is 0 Å². The molecular weight excluding hydrogens is 258 g/mol. The quantitative estimate of drug-likeness (QED) is 0.674. The molecule has 0 aliphatic carbocycles. The van der Waals surface area contributed by atoms with E-state index in [1.54, 1.807) is 12.1 Å². The molecule has 110 valence electrons.